The van der Waals surface area contributed by atoms with Crippen LogP contribution in [0.25, 0.3) is 0 Å². The second-order valence-electron chi connectivity index (χ2n) is 5.28. The summed E-state index contributed by atoms with van der Waals surface area (Å²) in [6.07, 6.45) is 0.346. The summed E-state index contributed by atoms with van der Waals surface area (Å²) < 4.78 is 22.1. The maximum atomic E-state index is 11.1. The molecule has 1 unspecified atom stereocenters. The molecule has 1 rings (SSSR count). The SMILES string of the molecule is [2H]OCC(O)CCCCOc1ccc(C(OC(C)=O)OC(C)=O)cc1. The average Bonchev–Trinajstić information content (AvgIpc) is 2.54. The highest BCUT2D eigenvalue weighted by atomic mass is 16.7. The van der Waals surface area contributed by atoms with Crippen LogP contribution in [0.15, 0.2) is 24.3 Å². The zero-order valence-electron chi connectivity index (χ0n) is 14.9. The van der Waals surface area contributed by atoms with E-state index in [1.165, 1.54) is 13.8 Å². The van der Waals surface area contributed by atoms with Crippen molar-refractivity contribution in [3.63, 3.8) is 0 Å². The first-order valence-corrected chi connectivity index (χ1v) is 7.75. The summed E-state index contributed by atoms with van der Waals surface area (Å²) in [5.41, 5.74) is 0.524. The molecule has 24 heavy (non-hydrogen) atoms. The molecular formula is C17H24O7. The Kier molecular flexibility index (Phi) is 8.06. The summed E-state index contributed by atoms with van der Waals surface area (Å²) in [7, 11) is 0. The number of hydrogen-bond acceptors (Lipinski definition) is 7. The minimum atomic E-state index is -1.08. The first kappa shape index (κ1) is 18.2. The van der Waals surface area contributed by atoms with E-state index in [1.807, 2.05) is 0 Å². The number of ether oxygens (including phenoxy) is 3. The molecule has 7 nitrogen and oxygen atoms in total. The maximum absolute atomic E-state index is 11.1. The Labute approximate surface area is 142 Å². The lowest BCUT2D eigenvalue weighted by Gasteiger charge is -2.17. The Bertz CT molecular complexity index is 516. The first-order chi connectivity index (χ1) is 11.9. The molecule has 0 bridgehead atoms. The molecule has 0 aromatic heterocycles. The fraction of sp³-hybridized carbons (Fsp3) is 0.529. The molecule has 1 atom stereocenters. The number of aliphatic hydroxyl groups excluding tert-OH is 2. The highest BCUT2D eigenvalue weighted by molar-refractivity contribution is 5.68. The zero-order chi connectivity index (χ0) is 18.7. The summed E-state index contributed by atoms with van der Waals surface area (Å²) in [5.74, 6) is -0.475. The number of hydrogen-bond donors (Lipinski definition) is 2. The van der Waals surface area contributed by atoms with Crippen LogP contribution in [0.5, 0.6) is 5.75 Å². The molecule has 0 amide bonds. The van der Waals surface area contributed by atoms with Crippen LogP contribution >= 0.6 is 0 Å². The van der Waals surface area contributed by atoms with Gasteiger partial charge in [-0.2, -0.15) is 0 Å². The van der Waals surface area contributed by atoms with Gasteiger partial charge in [0.05, 0.1) is 19.3 Å². The summed E-state index contributed by atoms with van der Waals surface area (Å²) in [5, 5.41) is 13.5. The van der Waals surface area contributed by atoms with E-state index in [0.717, 1.165) is 12.8 Å². The molecule has 2 N–H and O–H groups in total. The highest BCUT2D eigenvalue weighted by Crippen LogP contribution is 2.22. The van der Waals surface area contributed by atoms with Crippen molar-refractivity contribution in [1.29, 1.82) is 1.43 Å². The standard InChI is InChI=1S/C17H24O7/c1-12(19)23-17(24-13(2)20)14-6-8-16(9-7-14)22-10-4-3-5-15(21)11-18/h6-9,15,17-18,21H,3-5,10-11H2,1-2H3/i18D. The van der Waals surface area contributed by atoms with Crippen molar-refractivity contribution in [2.75, 3.05) is 13.2 Å². The Balaban J connectivity index is 2.43. The monoisotopic (exact) mass is 341 g/mol. The van der Waals surface area contributed by atoms with Crippen LogP contribution in [0.2, 0.25) is 0 Å². The van der Waals surface area contributed by atoms with Gasteiger partial charge in [-0.15, -0.1) is 0 Å². The molecule has 0 aliphatic rings. The van der Waals surface area contributed by atoms with Gasteiger partial charge in [0.2, 0.25) is 1.43 Å². The minimum Gasteiger partial charge on any atom is -0.494 e. The third-order valence-corrected chi connectivity index (χ3v) is 3.09. The number of benzene rings is 1. The molecule has 0 saturated heterocycles. The molecule has 0 aliphatic heterocycles. The van der Waals surface area contributed by atoms with Crippen molar-refractivity contribution >= 4 is 11.9 Å². The molecular weight excluding hydrogens is 316 g/mol. The van der Waals surface area contributed by atoms with Crippen LogP contribution in [0.1, 0.15) is 45.0 Å². The normalized spacial score (nSPS) is 12.4. The van der Waals surface area contributed by atoms with E-state index in [-0.39, 0.29) is 6.61 Å². The van der Waals surface area contributed by atoms with Crippen molar-refractivity contribution < 1.29 is 34.0 Å². The fourth-order valence-corrected chi connectivity index (χ4v) is 1.94. The number of carbonyl (C=O) groups is 2. The Morgan fingerprint density at radius 2 is 1.75 bits per heavy atom. The minimum absolute atomic E-state index is 0.00809. The molecule has 0 radical (unpaired) electrons. The number of esters is 2. The van der Waals surface area contributed by atoms with E-state index in [0.29, 0.717) is 24.3 Å². The van der Waals surface area contributed by atoms with Gasteiger partial charge in [-0.25, -0.2) is 0 Å². The van der Waals surface area contributed by atoms with Crippen molar-refractivity contribution in [3.05, 3.63) is 29.8 Å². The average molecular weight is 341 g/mol. The van der Waals surface area contributed by atoms with E-state index in [4.69, 9.17) is 15.6 Å². The van der Waals surface area contributed by atoms with Gasteiger partial charge in [0.1, 0.15) is 5.75 Å². The van der Waals surface area contributed by atoms with Crippen LogP contribution in [0.3, 0.4) is 0 Å². The van der Waals surface area contributed by atoms with Gasteiger partial charge < -0.3 is 24.4 Å². The van der Waals surface area contributed by atoms with Gasteiger partial charge in [0.15, 0.2) is 0 Å². The van der Waals surface area contributed by atoms with Crippen molar-refractivity contribution in [3.8, 4) is 5.75 Å². The number of aliphatic hydroxyl groups is 2. The number of unbranched alkanes of at least 4 members (excludes halogenated alkanes) is 1. The van der Waals surface area contributed by atoms with Gasteiger partial charge in [0, 0.05) is 19.4 Å². The predicted molar refractivity (Wildman–Crippen MR) is 85.2 cm³/mol. The van der Waals surface area contributed by atoms with Crippen molar-refractivity contribution in [1.82, 2.24) is 0 Å². The molecule has 0 fully saturated rings. The van der Waals surface area contributed by atoms with Crippen molar-refractivity contribution in [2.24, 2.45) is 0 Å². The van der Waals surface area contributed by atoms with E-state index in [1.54, 1.807) is 24.3 Å². The van der Waals surface area contributed by atoms with Crippen LogP contribution < -0.4 is 4.74 Å². The zero-order valence-corrected chi connectivity index (χ0v) is 13.9. The van der Waals surface area contributed by atoms with Crippen molar-refractivity contribution in [2.45, 2.75) is 45.5 Å². The summed E-state index contributed by atoms with van der Waals surface area (Å²) in [6, 6.07) is 6.69. The van der Waals surface area contributed by atoms with Crippen LogP contribution in [-0.4, -0.2) is 42.9 Å². The predicted octanol–water partition coefficient (Wildman–Crippen LogP) is 1.71. The molecule has 0 saturated carbocycles. The van der Waals surface area contributed by atoms with E-state index >= 15 is 0 Å². The smallest absolute Gasteiger partial charge is 0.305 e. The topological polar surface area (TPSA) is 102 Å². The molecule has 7 heteroatoms. The number of rotatable bonds is 11. The molecule has 0 heterocycles. The van der Waals surface area contributed by atoms with Crippen LogP contribution in [-0.2, 0) is 19.1 Å². The lowest BCUT2D eigenvalue weighted by Crippen LogP contribution is -2.14. The van der Waals surface area contributed by atoms with Gasteiger partial charge >= 0.3 is 11.9 Å². The molecule has 0 spiro atoms. The van der Waals surface area contributed by atoms with Crippen LogP contribution in [0, 0.1) is 0 Å². The Morgan fingerprint density at radius 1 is 1.12 bits per heavy atom. The second kappa shape index (κ2) is 10.6. The third kappa shape index (κ3) is 7.94. The first-order valence-electron chi connectivity index (χ1n) is 8.16. The van der Waals surface area contributed by atoms with Gasteiger partial charge in [-0.3, -0.25) is 9.59 Å². The highest BCUT2D eigenvalue weighted by Gasteiger charge is 2.17. The summed E-state index contributed by atoms with van der Waals surface area (Å²) in [6.45, 7) is 2.96. The van der Waals surface area contributed by atoms with Crippen LogP contribution in [0.4, 0.5) is 0 Å². The summed E-state index contributed by atoms with van der Waals surface area (Å²) >= 11 is 0. The molecule has 134 valence electrons. The maximum Gasteiger partial charge on any atom is 0.305 e. The Morgan fingerprint density at radius 3 is 2.29 bits per heavy atom. The largest absolute Gasteiger partial charge is 0.494 e. The van der Waals surface area contributed by atoms with E-state index < -0.39 is 24.3 Å². The molecule has 1 aromatic rings. The third-order valence-electron chi connectivity index (χ3n) is 3.09. The van der Waals surface area contributed by atoms with Gasteiger partial charge in [0.25, 0.3) is 6.29 Å². The lowest BCUT2D eigenvalue weighted by molar-refractivity contribution is -0.186. The van der Waals surface area contributed by atoms with Gasteiger partial charge in [-0.1, -0.05) is 0 Å². The van der Waals surface area contributed by atoms with Gasteiger partial charge in [-0.05, 0) is 43.5 Å². The number of carbonyl (C=O) groups excluding carboxylic acids is 2. The molecule has 0 aliphatic carbocycles. The second-order valence-corrected chi connectivity index (χ2v) is 5.28. The lowest BCUT2D eigenvalue weighted by atomic mass is 10.2. The quantitative estimate of drug-likeness (QED) is 0.359. The molecule has 1 aromatic carbocycles. The Hall–Kier alpha value is -2.12. The van der Waals surface area contributed by atoms with E-state index in [9.17, 15) is 14.7 Å². The van der Waals surface area contributed by atoms with E-state index in [2.05, 4.69) is 5.11 Å². The fourth-order valence-electron chi connectivity index (χ4n) is 1.94. The summed E-state index contributed by atoms with van der Waals surface area (Å²) in [4.78, 5) is 22.2.